The zero-order chi connectivity index (χ0) is 8.97. The Morgan fingerprint density at radius 3 is 3.00 bits per heavy atom. The fraction of sp³-hybridized carbons (Fsp3) is 0.600. The lowest BCUT2D eigenvalue weighted by Gasteiger charge is -2.14. The van der Waals surface area contributed by atoms with E-state index in [2.05, 4.69) is 18.5 Å². The average Bonchev–Trinajstić information content (AvgIpc) is 2.52. The van der Waals surface area contributed by atoms with Crippen LogP contribution in [-0.4, -0.2) is 19.2 Å². The maximum Gasteiger partial charge on any atom is 0.105 e. The van der Waals surface area contributed by atoms with Crippen LogP contribution in [0.3, 0.4) is 0 Å². The summed E-state index contributed by atoms with van der Waals surface area (Å²) in [5, 5.41) is 3.45. The van der Waals surface area contributed by atoms with Gasteiger partial charge in [-0.1, -0.05) is 12.7 Å². The van der Waals surface area contributed by atoms with Crippen LogP contribution in [-0.2, 0) is 4.74 Å². The minimum absolute atomic E-state index is 0.347. The van der Waals surface area contributed by atoms with Crippen molar-refractivity contribution in [3.63, 3.8) is 0 Å². The Labute approximate surface area is 74.3 Å². The molecule has 0 aromatic carbocycles. The number of ether oxygens (including phenoxy) is 1. The first-order valence-electron chi connectivity index (χ1n) is 4.37. The summed E-state index contributed by atoms with van der Waals surface area (Å²) in [6.07, 6.45) is 5.31. The normalized spacial score (nSPS) is 28.4. The molecule has 1 rings (SSSR count). The van der Waals surface area contributed by atoms with Gasteiger partial charge in [-0.2, -0.15) is 0 Å². The molecule has 68 valence electrons. The van der Waals surface area contributed by atoms with E-state index in [4.69, 9.17) is 4.74 Å². The molecule has 1 saturated heterocycles. The van der Waals surface area contributed by atoms with Crippen LogP contribution < -0.4 is 5.32 Å². The first-order valence-corrected chi connectivity index (χ1v) is 4.37. The number of rotatable bonds is 4. The second kappa shape index (κ2) is 4.31. The van der Waals surface area contributed by atoms with Crippen LogP contribution in [0.25, 0.3) is 0 Å². The molecule has 0 aromatic rings. The van der Waals surface area contributed by atoms with Crippen LogP contribution in [0.5, 0.6) is 0 Å². The predicted octanol–water partition coefficient (Wildman–Crippen LogP) is 1.84. The maximum absolute atomic E-state index is 5.08. The molecule has 1 unspecified atom stereocenters. The van der Waals surface area contributed by atoms with Gasteiger partial charge in [-0.15, -0.1) is 6.58 Å². The molecule has 1 heterocycles. The molecule has 1 aliphatic heterocycles. The molecule has 1 N–H and O–H groups in total. The van der Waals surface area contributed by atoms with Crippen molar-refractivity contribution in [3.05, 3.63) is 25.0 Å². The minimum atomic E-state index is 0.347. The third-order valence-corrected chi connectivity index (χ3v) is 2.34. The first-order chi connectivity index (χ1) is 5.77. The van der Waals surface area contributed by atoms with Crippen LogP contribution in [0.1, 0.15) is 19.3 Å². The van der Waals surface area contributed by atoms with Gasteiger partial charge >= 0.3 is 0 Å². The second-order valence-electron chi connectivity index (χ2n) is 3.19. The fourth-order valence-corrected chi connectivity index (χ4v) is 1.60. The van der Waals surface area contributed by atoms with E-state index in [0.717, 1.165) is 18.6 Å². The summed E-state index contributed by atoms with van der Waals surface area (Å²) < 4.78 is 5.08. The lowest BCUT2D eigenvalue weighted by Crippen LogP contribution is -2.30. The van der Waals surface area contributed by atoms with E-state index in [0.29, 0.717) is 12.1 Å². The zero-order valence-corrected chi connectivity index (χ0v) is 7.68. The summed E-state index contributed by atoms with van der Waals surface area (Å²) in [7, 11) is 1.67. The topological polar surface area (TPSA) is 21.3 Å². The quantitative estimate of drug-likeness (QED) is 0.509. The van der Waals surface area contributed by atoms with Crippen LogP contribution in [0.15, 0.2) is 25.0 Å². The van der Waals surface area contributed by atoms with Gasteiger partial charge in [0.15, 0.2) is 0 Å². The Balaban J connectivity index is 2.34. The van der Waals surface area contributed by atoms with Gasteiger partial charge in [0.2, 0.25) is 0 Å². The van der Waals surface area contributed by atoms with Crippen molar-refractivity contribution >= 4 is 0 Å². The van der Waals surface area contributed by atoms with Crippen LogP contribution >= 0.6 is 0 Å². The van der Waals surface area contributed by atoms with Crippen LogP contribution in [0.4, 0.5) is 0 Å². The fourth-order valence-electron chi connectivity index (χ4n) is 1.60. The highest BCUT2D eigenvalue weighted by Crippen LogP contribution is 2.19. The third kappa shape index (κ3) is 2.11. The highest BCUT2D eigenvalue weighted by atomic mass is 16.5. The van der Waals surface area contributed by atoms with Gasteiger partial charge in [-0.25, -0.2) is 0 Å². The Bertz CT molecular complexity index is 177. The molecule has 0 aromatic heterocycles. The summed E-state index contributed by atoms with van der Waals surface area (Å²) in [5.74, 6) is 0.849. The van der Waals surface area contributed by atoms with E-state index in [9.17, 15) is 0 Å². The standard InChI is InChI=1S/C10H17NO/c1-4-5-9-6-7-10(11-9)8(2)12-3/h4,9-11H,1-2,5-7H2,3H3/t9?,10-/m1/s1. The smallest absolute Gasteiger partial charge is 0.105 e. The Kier molecular flexibility index (Phi) is 3.35. The van der Waals surface area contributed by atoms with Crippen molar-refractivity contribution in [2.24, 2.45) is 0 Å². The number of hydrogen-bond donors (Lipinski definition) is 1. The molecule has 0 saturated carbocycles. The molecule has 2 atom stereocenters. The Hall–Kier alpha value is -0.760. The summed E-state index contributed by atoms with van der Waals surface area (Å²) in [6.45, 7) is 7.56. The molecule has 12 heavy (non-hydrogen) atoms. The summed E-state index contributed by atoms with van der Waals surface area (Å²) in [6, 6.07) is 0.916. The Morgan fingerprint density at radius 2 is 2.42 bits per heavy atom. The summed E-state index contributed by atoms with van der Waals surface area (Å²) in [5.41, 5.74) is 0. The lowest BCUT2D eigenvalue weighted by molar-refractivity contribution is 0.258. The molecular weight excluding hydrogens is 150 g/mol. The monoisotopic (exact) mass is 167 g/mol. The predicted molar refractivity (Wildman–Crippen MR) is 50.9 cm³/mol. The molecule has 0 bridgehead atoms. The van der Waals surface area contributed by atoms with Gasteiger partial charge in [-0.05, 0) is 19.3 Å². The van der Waals surface area contributed by atoms with Crippen molar-refractivity contribution in [1.29, 1.82) is 0 Å². The van der Waals surface area contributed by atoms with Crippen LogP contribution in [0, 0.1) is 0 Å². The van der Waals surface area contributed by atoms with Gasteiger partial charge in [0.05, 0.1) is 13.2 Å². The summed E-state index contributed by atoms with van der Waals surface area (Å²) >= 11 is 0. The molecular formula is C10H17NO. The highest BCUT2D eigenvalue weighted by molar-refractivity contribution is 5.02. The van der Waals surface area contributed by atoms with Gasteiger partial charge in [0.1, 0.15) is 5.76 Å². The molecule has 2 heteroatoms. The molecule has 1 fully saturated rings. The summed E-state index contributed by atoms with van der Waals surface area (Å²) in [4.78, 5) is 0. The molecule has 0 radical (unpaired) electrons. The molecule has 1 aliphatic rings. The second-order valence-corrected chi connectivity index (χ2v) is 3.19. The van der Waals surface area contributed by atoms with E-state index in [1.165, 1.54) is 6.42 Å². The molecule has 0 amide bonds. The van der Waals surface area contributed by atoms with Crippen molar-refractivity contribution < 1.29 is 4.74 Å². The van der Waals surface area contributed by atoms with Gasteiger partial charge in [0.25, 0.3) is 0 Å². The third-order valence-electron chi connectivity index (χ3n) is 2.34. The van der Waals surface area contributed by atoms with Crippen molar-refractivity contribution in [2.75, 3.05) is 7.11 Å². The molecule has 2 nitrogen and oxygen atoms in total. The Morgan fingerprint density at radius 1 is 1.67 bits per heavy atom. The zero-order valence-electron chi connectivity index (χ0n) is 7.68. The van der Waals surface area contributed by atoms with Gasteiger partial charge < -0.3 is 10.1 Å². The maximum atomic E-state index is 5.08. The van der Waals surface area contributed by atoms with Crippen molar-refractivity contribution in [1.82, 2.24) is 5.32 Å². The van der Waals surface area contributed by atoms with Crippen LogP contribution in [0.2, 0.25) is 0 Å². The van der Waals surface area contributed by atoms with Crippen molar-refractivity contribution in [2.45, 2.75) is 31.3 Å². The largest absolute Gasteiger partial charge is 0.500 e. The van der Waals surface area contributed by atoms with Gasteiger partial charge in [-0.3, -0.25) is 0 Å². The molecule has 0 spiro atoms. The van der Waals surface area contributed by atoms with E-state index < -0.39 is 0 Å². The van der Waals surface area contributed by atoms with Crippen molar-refractivity contribution in [3.8, 4) is 0 Å². The number of methoxy groups -OCH3 is 1. The number of nitrogens with one attached hydrogen (secondary N) is 1. The van der Waals surface area contributed by atoms with E-state index in [-0.39, 0.29) is 0 Å². The SMILES string of the molecule is C=CCC1CC[C@H](C(=C)OC)N1. The minimum Gasteiger partial charge on any atom is -0.500 e. The van der Waals surface area contributed by atoms with E-state index in [1.807, 2.05) is 6.08 Å². The number of hydrogen-bond acceptors (Lipinski definition) is 2. The van der Waals surface area contributed by atoms with E-state index in [1.54, 1.807) is 7.11 Å². The lowest BCUT2D eigenvalue weighted by atomic mass is 10.1. The first kappa shape index (κ1) is 9.33. The van der Waals surface area contributed by atoms with Gasteiger partial charge in [0, 0.05) is 6.04 Å². The average molecular weight is 167 g/mol. The highest BCUT2D eigenvalue weighted by Gasteiger charge is 2.24. The van der Waals surface area contributed by atoms with E-state index >= 15 is 0 Å². The molecule has 0 aliphatic carbocycles.